The highest BCUT2D eigenvalue weighted by Gasteiger charge is 2.16. The summed E-state index contributed by atoms with van der Waals surface area (Å²) in [6, 6.07) is 16.9. The van der Waals surface area contributed by atoms with Gasteiger partial charge in [-0.15, -0.1) is 0 Å². The average molecular weight is 462 g/mol. The number of fused-ring (bicyclic) bond motifs is 1. The van der Waals surface area contributed by atoms with Crippen LogP contribution in [0.5, 0.6) is 0 Å². The van der Waals surface area contributed by atoms with Gasteiger partial charge in [0.1, 0.15) is 5.82 Å². The highest BCUT2D eigenvalue weighted by atomic mass is 35.5. The SMILES string of the molecule is Cc1c(-c2ccccn2)nc2cc(F)ccc2c1CCc1cc(Cl)cc(N2CCOCC2)c1. The Bertz CT molecular complexity index is 1290. The van der Waals surface area contributed by atoms with E-state index in [-0.39, 0.29) is 5.82 Å². The second-order valence-electron chi connectivity index (χ2n) is 8.36. The fourth-order valence-corrected chi connectivity index (χ4v) is 4.78. The number of rotatable bonds is 5. The molecule has 0 aliphatic carbocycles. The molecule has 33 heavy (non-hydrogen) atoms. The van der Waals surface area contributed by atoms with Gasteiger partial charge in [-0.25, -0.2) is 9.37 Å². The summed E-state index contributed by atoms with van der Waals surface area (Å²) in [5.41, 5.74) is 6.78. The fraction of sp³-hybridized carbons (Fsp3) is 0.259. The van der Waals surface area contributed by atoms with Gasteiger partial charge in [0.2, 0.25) is 0 Å². The summed E-state index contributed by atoms with van der Waals surface area (Å²) in [4.78, 5) is 11.6. The molecule has 0 unspecified atom stereocenters. The van der Waals surface area contributed by atoms with Gasteiger partial charge in [-0.1, -0.05) is 17.7 Å². The molecule has 0 bridgehead atoms. The number of morpholine rings is 1. The van der Waals surface area contributed by atoms with E-state index in [1.807, 2.05) is 36.4 Å². The molecule has 0 atom stereocenters. The molecule has 1 fully saturated rings. The molecular weight excluding hydrogens is 437 g/mol. The van der Waals surface area contributed by atoms with E-state index in [0.717, 1.165) is 77.8 Å². The highest BCUT2D eigenvalue weighted by Crippen LogP contribution is 2.31. The van der Waals surface area contributed by atoms with Crippen LogP contribution in [0.1, 0.15) is 16.7 Å². The number of halogens is 2. The number of aryl methyl sites for hydroxylation is 2. The van der Waals surface area contributed by atoms with Gasteiger partial charge < -0.3 is 9.64 Å². The van der Waals surface area contributed by atoms with Crippen molar-refractivity contribution < 1.29 is 9.13 Å². The zero-order valence-electron chi connectivity index (χ0n) is 18.5. The van der Waals surface area contributed by atoms with Crippen molar-refractivity contribution in [3.05, 3.63) is 88.3 Å². The Morgan fingerprint density at radius 1 is 1.03 bits per heavy atom. The first-order chi connectivity index (χ1) is 16.1. The minimum absolute atomic E-state index is 0.290. The number of benzene rings is 2. The molecule has 4 nitrogen and oxygen atoms in total. The quantitative estimate of drug-likeness (QED) is 0.364. The predicted molar refractivity (Wildman–Crippen MR) is 132 cm³/mol. The van der Waals surface area contributed by atoms with Gasteiger partial charge in [0.15, 0.2) is 0 Å². The van der Waals surface area contributed by atoms with Crippen LogP contribution in [0.4, 0.5) is 10.1 Å². The van der Waals surface area contributed by atoms with Crippen LogP contribution in [0, 0.1) is 12.7 Å². The Hall–Kier alpha value is -3.02. The lowest BCUT2D eigenvalue weighted by Crippen LogP contribution is -2.36. The van der Waals surface area contributed by atoms with Crippen LogP contribution >= 0.6 is 11.6 Å². The number of hydrogen-bond acceptors (Lipinski definition) is 4. The predicted octanol–water partition coefficient (Wildman–Crippen LogP) is 6.02. The van der Waals surface area contributed by atoms with E-state index >= 15 is 0 Å². The number of anilines is 1. The van der Waals surface area contributed by atoms with Crippen molar-refractivity contribution in [3.8, 4) is 11.4 Å². The summed E-state index contributed by atoms with van der Waals surface area (Å²) in [6.07, 6.45) is 3.36. The van der Waals surface area contributed by atoms with E-state index in [4.69, 9.17) is 21.3 Å². The molecule has 1 saturated heterocycles. The normalized spacial score (nSPS) is 14.1. The monoisotopic (exact) mass is 461 g/mol. The van der Waals surface area contributed by atoms with Crippen LogP contribution < -0.4 is 4.90 Å². The van der Waals surface area contributed by atoms with Crippen molar-refractivity contribution >= 4 is 28.2 Å². The summed E-state index contributed by atoms with van der Waals surface area (Å²) in [5.74, 6) is -0.290. The van der Waals surface area contributed by atoms with Gasteiger partial charge >= 0.3 is 0 Å². The fourth-order valence-electron chi connectivity index (χ4n) is 4.53. The van der Waals surface area contributed by atoms with Crippen LogP contribution in [0.2, 0.25) is 5.02 Å². The Balaban J connectivity index is 1.51. The molecule has 0 radical (unpaired) electrons. The minimum atomic E-state index is -0.290. The highest BCUT2D eigenvalue weighted by molar-refractivity contribution is 6.30. The molecule has 2 aromatic carbocycles. The second-order valence-corrected chi connectivity index (χ2v) is 8.79. The first kappa shape index (κ1) is 21.8. The van der Waals surface area contributed by atoms with E-state index in [1.54, 1.807) is 6.20 Å². The molecule has 0 N–H and O–H groups in total. The summed E-state index contributed by atoms with van der Waals surface area (Å²) in [6.45, 7) is 5.28. The third-order valence-electron chi connectivity index (χ3n) is 6.21. The van der Waals surface area contributed by atoms with Crippen LogP contribution in [0.15, 0.2) is 60.8 Å². The van der Waals surface area contributed by atoms with E-state index < -0.39 is 0 Å². The standard InChI is InChI=1S/C27H25ClFN3O/c1-18-23(7-5-19-14-20(28)16-22(15-19)32-10-12-33-13-11-32)24-8-6-21(29)17-26(24)31-27(18)25-4-2-3-9-30-25/h2-4,6,8-9,14-17H,5,7,10-13H2,1H3. The molecule has 168 valence electrons. The summed E-state index contributed by atoms with van der Waals surface area (Å²) in [7, 11) is 0. The molecular formula is C27H25ClFN3O. The van der Waals surface area contributed by atoms with Crippen LogP contribution in [-0.4, -0.2) is 36.3 Å². The Morgan fingerprint density at radius 2 is 1.88 bits per heavy atom. The molecule has 0 spiro atoms. The summed E-state index contributed by atoms with van der Waals surface area (Å²) in [5, 5.41) is 1.71. The summed E-state index contributed by atoms with van der Waals surface area (Å²) < 4.78 is 19.5. The minimum Gasteiger partial charge on any atom is -0.378 e. The van der Waals surface area contributed by atoms with E-state index in [0.29, 0.717) is 5.52 Å². The number of aromatic nitrogens is 2. The van der Waals surface area contributed by atoms with Gasteiger partial charge in [0.25, 0.3) is 0 Å². The van der Waals surface area contributed by atoms with Crippen LogP contribution in [0.25, 0.3) is 22.3 Å². The molecule has 2 aromatic heterocycles. The molecule has 1 aliphatic rings. The molecule has 1 aliphatic heterocycles. The first-order valence-electron chi connectivity index (χ1n) is 11.2. The zero-order chi connectivity index (χ0) is 22.8. The van der Waals surface area contributed by atoms with Crippen molar-refractivity contribution in [2.24, 2.45) is 0 Å². The van der Waals surface area contributed by atoms with Gasteiger partial charge in [0.05, 0.1) is 30.1 Å². The van der Waals surface area contributed by atoms with Crippen molar-refractivity contribution in [1.82, 2.24) is 9.97 Å². The zero-order valence-corrected chi connectivity index (χ0v) is 19.3. The maximum absolute atomic E-state index is 14.0. The lowest BCUT2D eigenvalue weighted by atomic mass is 9.94. The van der Waals surface area contributed by atoms with Crippen molar-refractivity contribution in [1.29, 1.82) is 0 Å². The van der Waals surface area contributed by atoms with Gasteiger partial charge in [-0.05, 0) is 78.9 Å². The average Bonchev–Trinajstić information content (AvgIpc) is 2.84. The maximum Gasteiger partial charge on any atom is 0.125 e. The third kappa shape index (κ3) is 4.70. The molecule has 5 rings (SSSR count). The molecule has 0 saturated carbocycles. The Morgan fingerprint density at radius 3 is 2.67 bits per heavy atom. The Kier molecular flexibility index (Phi) is 6.25. The topological polar surface area (TPSA) is 38.2 Å². The van der Waals surface area contributed by atoms with Crippen LogP contribution in [0.3, 0.4) is 0 Å². The third-order valence-corrected chi connectivity index (χ3v) is 6.43. The second kappa shape index (κ2) is 9.46. The van der Waals surface area contributed by atoms with Gasteiger partial charge in [-0.3, -0.25) is 4.98 Å². The first-order valence-corrected chi connectivity index (χ1v) is 11.6. The summed E-state index contributed by atoms with van der Waals surface area (Å²) >= 11 is 6.48. The van der Waals surface area contributed by atoms with Crippen molar-refractivity contribution in [3.63, 3.8) is 0 Å². The van der Waals surface area contributed by atoms with Crippen LogP contribution in [-0.2, 0) is 17.6 Å². The maximum atomic E-state index is 14.0. The lowest BCUT2D eigenvalue weighted by molar-refractivity contribution is 0.122. The molecule has 4 aromatic rings. The number of nitrogens with zero attached hydrogens (tertiary/aromatic N) is 3. The lowest BCUT2D eigenvalue weighted by Gasteiger charge is -2.29. The van der Waals surface area contributed by atoms with Crippen molar-refractivity contribution in [2.75, 3.05) is 31.2 Å². The molecule has 6 heteroatoms. The number of ether oxygens (including phenoxy) is 1. The van der Waals surface area contributed by atoms with E-state index in [2.05, 4.69) is 22.9 Å². The van der Waals surface area contributed by atoms with E-state index in [9.17, 15) is 4.39 Å². The number of hydrogen-bond donors (Lipinski definition) is 0. The van der Waals surface area contributed by atoms with Gasteiger partial charge in [0, 0.05) is 41.4 Å². The molecule has 3 heterocycles. The van der Waals surface area contributed by atoms with E-state index in [1.165, 1.54) is 17.7 Å². The van der Waals surface area contributed by atoms with Gasteiger partial charge in [-0.2, -0.15) is 0 Å². The largest absolute Gasteiger partial charge is 0.378 e. The number of pyridine rings is 2. The molecule has 0 amide bonds. The smallest absolute Gasteiger partial charge is 0.125 e. The van der Waals surface area contributed by atoms with Crippen molar-refractivity contribution in [2.45, 2.75) is 19.8 Å². The Labute approximate surface area is 198 Å².